The van der Waals surface area contributed by atoms with Gasteiger partial charge in [0.1, 0.15) is 6.54 Å². The summed E-state index contributed by atoms with van der Waals surface area (Å²) in [7, 11) is 1.62. The lowest BCUT2D eigenvalue weighted by Crippen LogP contribution is -2.39. The van der Waals surface area contributed by atoms with Crippen molar-refractivity contribution in [2.75, 3.05) is 32.1 Å². The minimum atomic E-state index is -0.259. The molecule has 29 heavy (non-hydrogen) atoms. The van der Waals surface area contributed by atoms with Crippen LogP contribution in [0.5, 0.6) is 0 Å². The van der Waals surface area contributed by atoms with Crippen LogP contribution in [0, 0.1) is 13.8 Å². The van der Waals surface area contributed by atoms with Crippen LogP contribution < -0.4 is 5.32 Å². The zero-order chi connectivity index (χ0) is 20.8. The van der Waals surface area contributed by atoms with Gasteiger partial charge in [0.05, 0.1) is 5.69 Å². The number of aromatic nitrogens is 1. The first kappa shape index (κ1) is 21.0. The molecule has 1 heterocycles. The predicted molar refractivity (Wildman–Crippen MR) is 117 cm³/mol. The molecule has 0 bridgehead atoms. The van der Waals surface area contributed by atoms with Crippen molar-refractivity contribution in [2.24, 2.45) is 0 Å². The number of methoxy groups -OCH3 is 1. The molecule has 1 N–H and O–H groups in total. The number of nitrogens with zero attached hydrogens (tertiary/aromatic N) is 2. The van der Waals surface area contributed by atoms with Crippen LogP contribution in [-0.2, 0) is 9.53 Å². The Hall–Kier alpha value is -2.77. The van der Waals surface area contributed by atoms with Gasteiger partial charge in [-0.25, -0.2) is 4.98 Å². The number of aryl methyl sites for hydroxylation is 2. The second-order valence-corrected chi connectivity index (χ2v) is 8.05. The van der Waals surface area contributed by atoms with Crippen molar-refractivity contribution >= 4 is 39.1 Å². The normalized spacial score (nSPS) is 10.9. The standard InChI is InChI=1S/C22H25N3O3S/c1-15-16(2)29-22(23-15)24-20(26)14-25(11-6-12-28-3)21(27)19-10-9-17-7-4-5-8-18(17)13-19/h4-5,7-10,13H,6,11-12,14H2,1-3H3,(H,23,24,26). The van der Waals surface area contributed by atoms with Crippen LogP contribution in [0.3, 0.4) is 0 Å². The number of rotatable bonds is 8. The molecular weight excluding hydrogens is 386 g/mol. The van der Waals surface area contributed by atoms with Gasteiger partial charge in [-0.1, -0.05) is 30.3 Å². The third-order valence-electron chi connectivity index (χ3n) is 4.67. The minimum absolute atomic E-state index is 0.0347. The summed E-state index contributed by atoms with van der Waals surface area (Å²) in [5.41, 5.74) is 1.46. The molecule has 0 aliphatic rings. The molecule has 6 nitrogen and oxygen atoms in total. The Morgan fingerprint density at radius 3 is 2.59 bits per heavy atom. The van der Waals surface area contributed by atoms with Gasteiger partial charge in [0, 0.05) is 30.7 Å². The monoisotopic (exact) mass is 411 g/mol. The highest BCUT2D eigenvalue weighted by Crippen LogP contribution is 2.21. The average molecular weight is 412 g/mol. The molecular formula is C22H25N3O3S. The lowest BCUT2D eigenvalue weighted by molar-refractivity contribution is -0.116. The van der Waals surface area contributed by atoms with Crippen LogP contribution in [0.4, 0.5) is 5.13 Å². The number of nitrogens with one attached hydrogen (secondary N) is 1. The van der Waals surface area contributed by atoms with E-state index in [4.69, 9.17) is 4.74 Å². The molecule has 2 aromatic carbocycles. The molecule has 0 unspecified atom stereocenters. The summed E-state index contributed by atoms with van der Waals surface area (Å²) < 4.78 is 5.11. The summed E-state index contributed by atoms with van der Waals surface area (Å²) in [6.45, 7) is 4.79. The maximum atomic E-state index is 13.1. The molecule has 0 radical (unpaired) electrons. The van der Waals surface area contributed by atoms with Gasteiger partial charge < -0.3 is 15.0 Å². The Morgan fingerprint density at radius 1 is 1.14 bits per heavy atom. The van der Waals surface area contributed by atoms with Crippen molar-refractivity contribution in [1.29, 1.82) is 0 Å². The van der Waals surface area contributed by atoms with E-state index in [-0.39, 0.29) is 18.4 Å². The van der Waals surface area contributed by atoms with Gasteiger partial charge in [0.25, 0.3) is 5.91 Å². The van der Waals surface area contributed by atoms with Crippen LogP contribution in [0.15, 0.2) is 42.5 Å². The predicted octanol–water partition coefficient (Wildman–Crippen LogP) is 4.03. The van der Waals surface area contributed by atoms with Crippen LogP contribution in [0.25, 0.3) is 10.8 Å². The molecule has 1 aromatic heterocycles. The van der Waals surface area contributed by atoms with Crippen molar-refractivity contribution in [3.8, 4) is 0 Å². The van der Waals surface area contributed by atoms with Crippen molar-refractivity contribution in [3.05, 3.63) is 58.6 Å². The van der Waals surface area contributed by atoms with Crippen LogP contribution >= 0.6 is 11.3 Å². The van der Waals surface area contributed by atoms with E-state index >= 15 is 0 Å². The fourth-order valence-electron chi connectivity index (χ4n) is 3.02. The Morgan fingerprint density at radius 2 is 1.90 bits per heavy atom. The molecule has 152 valence electrons. The highest BCUT2D eigenvalue weighted by molar-refractivity contribution is 7.15. The number of carbonyl (C=O) groups is 2. The van der Waals surface area contributed by atoms with Crippen LogP contribution in [-0.4, -0.2) is 48.5 Å². The van der Waals surface area contributed by atoms with E-state index in [2.05, 4.69) is 10.3 Å². The minimum Gasteiger partial charge on any atom is -0.385 e. The fourth-order valence-corrected chi connectivity index (χ4v) is 3.85. The summed E-state index contributed by atoms with van der Waals surface area (Å²) in [6.07, 6.45) is 0.651. The van der Waals surface area contributed by atoms with Crippen molar-refractivity contribution in [3.63, 3.8) is 0 Å². The van der Waals surface area contributed by atoms with E-state index in [9.17, 15) is 9.59 Å². The van der Waals surface area contributed by atoms with Gasteiger partial charge in [0.2, 0.25) is 5.91 Å². The third-order valence-corrected chi connectivity index (χ3v) is 5.66. The fraction of sp³-hybridized carbons (Fsp3) is 0.318. The Labute approximate surface area is 174 Å². The van der Waals surface area contributed by atoms with E-state index in [1.165, 1.54) is 11.3 Å². The topological polar surface area (TPSA) is 71.5 Å². The third kappa shape index (κ3) is 5.40. The van der Waals surface area contributed by atoms with E-state index in [1.54, 1.807) is 18.1 Å². The zero-order valence-electron chi connectivity index (χ0n) is 16.9. The maximum Gasteiger partial charge on any atom is 0.254 e. The zero-order valence-corrected chi connectivity index (χ0v) is 17.7. The average Bonchev–Trinajstić information content (AvgIpc) is 3.03. The number of amides is 2. The molecule has 3 aromatic rings. The van der Waals surface area contributed by atoms with E-state index in [1.807, 2.05) is 50.2 Å². The lowest BCUT2D eigenvalue weighted by atomic mass is 10.1. The van der Waals surface area contributed by atoms with Crippen molar-refractivity contribution in [1.82, 2.24) is 9.88 Å². The van der Waals surface area contributed by atoms with Gasteiger partial charge in [-0.15, -0.1) is 11.3 Å². The van der Waals surface area contributed by atoms with Gasteiger partial charge in [-0.05, 0) is 43.2 Å². The molecule has 7 heteroatoms. The summed E-state index contributed by atoms with van der Waals surface area (Å²) in [5, 5.41) is 5.42. The number of hydrogen-bond donors (Lipinski definition) is 1. The molecule has 0 atom stereocenters. The highest BCUT2D eigenvalue weighted by Gasteiger charge is 2.20. The second kappa shape index (κ2) is 9.62. The lowest BCUT2D eigenvalue weighted by Gasteiger charge is -2.22. The number of benzene rings is 2. The Kier molecular flexibility index (Phi) is 6.95. The van der Waals surface area contributed by atoms with Crippen LogP contribution in [0.2, 0.25) is 0 Å². The first-order chi connectivity index (χ1) is 14.0. The summed E-state index contributed by atoms with van der Waals surface area (Å²) in [6, 6.07) is 13.5. The molecule has 0 saturated carbocycles. The summed E-state index contributed by atoms with van der Waals surface area (Å²) in [5.74, 6) is -0.432. The quantitative estimate of drug-likeness (QED) is 0.568. The van der Waals surface area contributed by atoms with Gasteiger partial charge in [-0.3, -0.25) is 9.59 Å². The van der Waals surface area contributed by atoms with E-state index in [0.29, 0.717) is 30.3 Å². The first-order valence-corrected chi connectivity index (χ1v) is 10.3. The highest BCUT2D eigenvalue weighted by atomic mass is 32.1. The molecule has 2 amide bonds. The van der Waals surface area contributed by atoms with Crippen molar-refractivity contribution < 1.29 is 14.3 Å². The number of anilines is 1. The van der Waals surface area contributed by atoms with E-state index in [0.717, 1.165) is 21.3 Å². The number of carbonyl (C=O) groups excluding carboxylic acids is 2. The number of fused-ring (bicyclic) bond motifs is 1. The SMILES string of the molecule is COCCCN(CC(=O)Nc1nc(C)c(C)s1)C(=O)c1ccc2ccccc2c1. The summed E-state index contributed by atoms with van der Waals surface area (Å²) >= 11 is 1.43. The molecule has 0 saturated heterocycles. The van der Waals surface area contributed by atoms with Gasteiger partial charge in [0.15, 0.2) is 5.13 Å². The number of thiazole rings is 1. The number of hydrogen-bond acceptors (Lipinski definition) is 5. The molecule has 0 aliphatic heterocycles. The largest absolute Gasteiger partial charge is 0.385 e. The van der Waals surface area contributed by atoms with Gasteiger partial charge >= 0.3 is 0 Å². The summed E-state index contributed by atoms with van der Waals surface area (Å²) in [4.78, 5) is 32.6. The van der Waals surface area contributed by atoms with Crippen LogP contribution in [0.1, 0.15) is 27.3 Å². The first-order valence-electron chi connectivity index (χ1n) is 9.49. The van der Waals surface area contributed by atoms with Crippen molar-refractivity contribution in [2.45, 2.75) is 20.3 Å². The molecule has 0 fully saturated rings. The Bertz CT molecular complexity index is 996. The van der Waals surface area contributed by atoms with Gasteiger partial charge in [-0.2, -0.15) is 0 Å². The molecule has 3 rings (SSSR count). The van der Waals surface area contributed by atoms with E-state index < -0.39 is 0 Å². The molecule has 0 spiro atoms. The maximum absolute atomic E-state index is 13.1. The Balaban J connectivity index is 1.75. The second-order valence-electron chi connectivity index (χ2n) is 6.84. The number of ether oxygens (including phenoxy) is 1. The molecule has 0 aliphatic carbocycles. The smallest absolute Gasteiger partial charge is 0.254 e.